The lowest BCUT2D eigenvalue weighted by Gasteiger charge is -2.35. The molecule has 2 amide bonds. The highest BCUT2D eigenvalue weighted by Crippen LogP contribution is 2.43. The zero-order valence-corrected chi connectivity index (χ0v) is 46.9. The van der Waals surface area contributed by atoms with Crippen LogP contribution >= 0.6 is 92.3 Å². The van der Waals surface area contributed by atoms with E-state index in [1.54, 1.807) is 7.11 Å². The zero-order valence-electron chi connectivity index (χ0n) is 40.1. The van der Waals surface area contributed by atoms with E-state index in [0.29, 0.717) is 37.8 Å². The minimum atomic E-state index is -0.831. The van der Waals surface area contributed by atoms with Gasteiger partial charge in [-0.05, 0) is 75.6 Å². The molecule has 1 aromatic carbocycles. The number of benzene rings is 1. The second-order valence-electron chi connectivity index (χ2n) is 18.8. The predicted octanol–water partition coefficient (Wildman–Crippen LogP) is 6.45. The molecule has 380 valence electrons. The highest BCUT2D eigenvalue weighted by atomic mass is 32.1. The molecule has 1 saturated carbocycles. The summed E-state index contributed by atoms with van der Waals surface area (Å²) in [6.45, 7) is 17.3. The predicted molar refractivity (Wildman–Crippen MR) is 302 cm³/mol. The monoisotopic (exact) mass is 1070 g/mol. The van der Waals surface area contributed by atoms with Crippen molar-refractivity contribution in [1.82, 2.24) is 35.2 Å². The van der Waals surface area contributed by atoms with Gasteiger partial charge in [0.1, 0.15) is 12.1 Å². The summed E-state index contributed by atoms with van der Waals surface area (Å²) in [6.07, 6.45) is 5.62. The van der Waals surface area contributed by atoms with Crippen molar-refractivity contribution in [1.29, 1.82) is 0 Å². The Hall–Kier alpha value is -2.31. The second kappa shape index (κ2) is 25.4. The Kier molecular flexibility index (Phi) is 22.4. The number of cyclic esters (lactones) is 1. The molecular formula is C47H74N8O6S7. The summed E-state index contributed by atoms with van der Waals surface area (Å²) in [4.78, 5) is 56.7. The molecule has 4 fully saturated rings. The Morgan fingerprint density at radius 3 is 2.53 bits per heavy atom. The maximum atomic E-state index is 14.2. The number of fused-ring (bicyclic) bond motifs is 7. The quantitative estimate of drug-likeness (QED) is 0.198. The molecule has 2 N–H and O–H groups in total. The topological polar surface area (TPSA) is 143 Å². The van der Waals surface area contributed by atoms with Crippen LogP contribution in [-0.4, -0.2) is 120 Å². The molecule has 0 radical (unpaired) electrons. The molecule has 4 aromatic rings. The van der Waals surface area contributed by atoms with Gasteiger partial charge < -0.3 is 29.0 Å². The summed E-state index contributed by atoms with van der Waals surface area (Å²) in [5.74, 6) is -0.573. The number of amides is 2. The van der Waals surface area contributed by atoms with E-state index in [4.69, 9.17) is 24.2 Å². The number of methoxy groups -OCH3 is 1. The molecule has 7 heterocycles. The standard InChI is InChI=1S/C47H62N8O6S.6H2S/c1-7-54-40-11-10-30-20-34(40)36(43(54)35-21-32(24-48-42(35)29(3)59-6)52-14-12-31-25-60-18-17-53(31)16-15-52)23-47(4,5)27-61-46(58)37-9-8-13-55(51-37)45(57)38(22-41-49-39(30)26-62-41)50-44(56)33-19-28(33)2;;;;;;/h10-11,20-21,24,26,28-29,31,33,37-38,51H,7-9,12-19,22-23,25,27H2,1-6H3,(H,50,56);6*1H2/t28-,29-,31-,33-,37-,38-;;;;;;/m0....../s1. The number of aryl methyl sites for hydroxylation is 1. The van der Waals surface area contributed by atoms with Gasteiger partial charge in [-0.15, -0.1) is 11.3 Å². The van der Waals surface area contributed by atoms with E-state index >= 15 is 0 Å². The third-order valence-electron chi connectivity index (χ3n) is 13.8. The smallest absolute Gasteiger partial charge is 0.324 e. The lowest BCUT2D eigenvalue weighted by Crippen LogP contribution is -2.60. The fourth-order valence-electron chi connectivity index (χ4n) is 9.91. The van der Waals surface area contributed by atoms with Crippen LogP contribution in [0.2, 0.25) is 0 Å². The van der Waals surface area contributed by atoms with Crippen molar-refractivity contribution in [3.8, 4) is 22.5 Å². The molecule has 14 nitrogen and oxygen atoms in total. The van der Waals surface area contributed by atoms with Crippen LogP contribution in [0.3, 0.4) is 0 Å². The molecule has 0 spiro atoms. The van der Waals surface area contributed by atoms with Gasteiger partial charge in [0.05, 0.1) is 59.9 Å². The lowest BCUT2D eigenvalue weighted by molar-refractivity contribution is -0.155. The number of ether oxygens (including phenoxy) is 3. The number of carbonyl (C=O) groups excluding carboxylic acids is 3. The lowest BCUT2D eigenvalue weighted by atomic mass is 9.84. The largest absolute Gasteiger partial charge is 0.464 e. The first-order chi connectivity index (χ1) is 29.9. The first-order valence-electron chi connectivity index (χ1n) is 22.7. The van der Waals surface area contributed by atoms with E-state index in [0.717, 1.165) is 114 Å². The van der Waals surface area contributed by atoms with Crippen LogP contribution < -0.4 is 15.6 Å². The average molecular weight is 1070 g/mol. The van der Waals surface area contributed by atoms with Gasteiger partial charge in [-0.3, -0.25) is 29.3 Å². The van der Waals surface area contributed by atoms with Crippen molar-refractivity contribution < 1.29 is 28.6 Å². The maximum absolute atomic E-state index is 14.2. The van der Waals surface area contributed by atoms with E-state index in [2.05, 4.69) is 84.0 Å². The van der Waals surface area contributed by atoms with Crippen molar-refractivity contribution >= 4 is 127 Å². The summed E-state index contributed by atoms with van der Waals surface area (Å²) in [7, 11) is 1.73. The maximum Gasteiger partial charge on any atom is 0.324 e. The Morgan fingerprint density at radius 1 is 1.04 bits per heavy atom. The van der Waals surface area contributed by atoms with Crippen molar-refractivity contribution in [2.75, 3.05) is 64.6 Å². The minimum Gasteiger partial charge on any atom is -0.464 e. The molecule has 6 bridgehead atoms. The van der Waals surface area contributed by atoms with Gasteiger partial charge in [0.2, 0.25) is 5.91 Å². The van der Waals surface area contributed by atoms with E-state index in [9.17, 15) is 14.4 Å². The Bertz CT molecular complexity index is 2330. The van der Waals surface area contributed by atoms with E-state index in [1.807, 2.05) is 11.6 Å². The van der Waals surface area contributed by atoms with Gasteiger partial charge in [0.15, 0.2) is 0 Å². The highest BCUT2D eigenvalue weighted by Gasteiger charge is 2.42. The third-order valence-corrected chi connectivity index (χ3v) is 14.6. The number of rotatable bonds is 7. The first kappa shape index (κ1) is 60.0. The summed E-state index contributed by atoms with van der Waals surface area (Å²) in [5, 5.41) is 8.47. The van der Waals surface area contributed by atoms with Crippen LogP contribution in [0, 0.1) is 17.3 Å². The number of nitrogens with one attached hydrogen (secondary N) is 2. The van der Waals surface area contributed by atoms with Gasteiger partial charge in [-0.2, -0.15) is 81.0 Å². The number of nitrogens with zero attached hydrogens (tertiary/aromatic N) is 6. The minimum absolute atomic E-state index is 0. The third kappa shape index (κ3) is 12.6. The van der Waals surface area contributed by atoms with E-state index in [1.165, 1.54) is 16.3 Å². The fraction of sp³-hybridized carbons (Fsp3) is 0.596. The van der Waals surface area contributed by atoms with E-state index in [-0.39, 0.29) is 124 Å². The molecule has 3 saturated heterocycles. The summed E-state index contributed by atoms with van der Waals surface area (Å²) in [6, 6.07) is 7.80. The van der Waals surface area contributed by atoms with Crippen LogP contribution in [-0.2, 0) is 48.0 Å². The normalized spacial score (nSPS) is 24.0. The molecule has 21 heteroatoms. The van der Waals surface area contributed by atoms with Crippen LogP contribution in [0.1, 0.15) is 82.7 Å². The Morgan fingerprint density at radius 2 is 1.81 bits per heavy atom. The van der Waals surface area contributed by atoms with Gasteiger partial charge in [0, 0.05) is 97.6 Å². The number of carbonyl (C=O) groups is 3. The van der Waals surface area contributed by atoms with Gasteiger partial charge in [-0.25, -0.2) is 10.4 Å². The van der Waals surface area contributed by atoms with Crippen molar-refractivity contribution in [2.24, 2.45) is 17.3 Å². The van der Waals surface area contributed by atoms with Crippen molar-refractivity contribution in [3.05, 3.63) is 52.1 Å². The second-order valence-corrected chi connectivity index (χ2v) is 19.8. The highest BCUT2D eigenvalue weighted by molar-refractivity contribution is 7.60. The van der Waals surface area contributed by atoms with E-state index < -0.39 is 17.5 Å². The number of aromatic nitrogens is 3. The van der Waals surface area contributed by atoms with Crippen LogP contribution in [0.4, 0.5) is 5.69 Å². The van der Waals surface area contributed by atoms with Gasteiger partial charge in [0.25, 0.3) is 5.91 Å². The van der Waals surface area contributed by atoms with Crippen molar-refractivity contribution in [3.63, 3.8) is 0 Å². The number of hydrogen-bond acceptors (Lipinski definition) is 12. The zero-order chi connectivity index (χ0) is 43.3. The number of esters is 1. The number of anilines is 1. The number of thiazole rings is 1. The SMILES string of the molecule is CCn1c(-c2cc(N3CC[C@H]4COCCN4CC3)cnc2[C@H](C)OC)c2c3cc(ccc31)-c1csc(n1)C[C@H](NC(=O)[C@H]1C[C@@H]1C)C(=O)N1CCC[C@H](N1)C(=O)OCC(C)(C)C2.S.S.S.S.S.S. The van der Waals surface area contributed by atoms with Gasteiger partial charge >= 0.3 is 5.97 Å². The van der Waals surface area contributed by atoms with Crippen molar-refractivity contribution in [2.45, 2.75) is 104 Å². The van der Waals surface area contributed by atoms with Crippen LogP contribution in [0.15, 0.2) is 35.8 Å². The molecule has 4 aliphatic heterocycles. The molecule has 3 aromatic heterocycles. The molecule has 0 unspecified atom stereocenters. The van der Waals surface area contributed by atoms with Gasteiger partial charge in [-0.1, -0.05) is 26.8 Å². The molecule has 68 heavy (non-hydrogen) atoms. The summed E-state index contributed by atoms with van der Waals surface area (Å²) in [5.41, 5.74) is 10.8. The summed E-state index contributed by atoms with van der Waals surface area (Å²) < 4.78 is 20.5. The Labute approximate surface area is 447 Å². The summed E-state index contributed by atoms with van der Waals surface area (Å²) >= 11 is 1.49. The Balaban J connectivity index is 0.00000204. The van der Waals surface area contributed by atoms with Crippen LogP contribution in [0.25, 0.3) is 33.4 Å². The first-order valence-corrected chi connectivity index (χ1v) is 23.5. The molecule has 6 atom stereocenters. The molecule has 5 aliphatic rings. The molecular weight excluding hydrogens is 997 g/mol. The fourth-order valence-corrected chi connectivity index (χ4v) is 10.8. The molecule has 1 aliphatic carbocycles. The average Bonchev–Trinajstić information content (AvgIpc) is 3.81. The molecule has 9 rings (SSSR count). The number of morpholine rings is 1. The number of pyridine rings is 1. The number of hydrogen-bond donors (Lipinski definition) is 2. The number of hydrazine groups is 1. The van der Waals surface area contributed by atoms with Crippen LogP contribution in [0.5, 0.6) is 0 Å².